The van der Waals surface area contributed by atoms with Crippen LogP contribution in [-0.2, 0) is 0 Å². The van der Waals surface area contributed by atoms with Gasteiger partial charge in [0, 0.05) is 5.41 Å². The summed E-state index contributed by atoms with van der Waals surface area (Å²) in [6.07, 6.45) is 15.7. The van der Waals surface area contributed by atoms with Crippen molar-refractivity contribution in [2.45, 2.75) is 127 Å². The molecule has 3 aliphatic carbocycles. The lowest BCUT2D eigenvalue weighted by molar-refractivity contribution is 0.0847. The average Bonchev–Trinajstić information content (AvgIpc) is 3.63. The van der Waals surface area contributed by atoms with Crippen LogP contribution in [0, 0.1) is 64.1 Å². The van der Waals surface area contributed by atoms with Gasteiger partial charge >= 0.3 is 0 Å². The molecule has 0 aliphatic heterocycles. The number of rotatable bonds is 12. The highest BCUT2D eigenvalue weighted by Gasteiger charge is 2.49. The summed E-state index contributed by atoms with van der Waals surface area (Å²) in [4.78, 5) is 0. The molecule has 8 atom stereocenters. The Hall–Kier alpha value is -0.260. The highest BCUT2D eigenvalue weighted by atomic mass is 14.5. The molecule has 0 aromatic carbocycles. The third-order valence-electron chi connectivity index (χ3n) is 11.5. The molecule has 0 nitrogen and oxygen atoms in total. The quantitative estimate of drug-likeness (QED) is 0.264. The van der Waals surface area contributed by atoms with E-state index in [1.165, 1.54) is 57.8 Å². The third kappa shape index (κ3) is 6.05. The molecule has 0 heterocycles. The SMILES string of the molecule is CC(CCC(C)C(C)CC(C)C1(C)CCC(C2=CC2(C)C(C)C(C)C)CC1)CC1CC1C. The predicted molar refractivity (Wildman–Crippen MR) is 143 cm³/mol. The number of hydrogen-bond acceptors (Lipinski definition) is 0. The molecule has 186 valence electrons. The van der Waals surface area contributed by atoms with Crippen LogP contribution in [0.3, 0.4) is 0 Å². The number of hydrogen-bond donors (Lipinski definition) is 0. The first-order valence-corrected chi connectivity index (χ1v) is 14.6. The maximum atomic E-state index is 2.64. The second kappa shape index (κ2) is 10.2. The largest absolute Gasteiger partial charge is 0.0739 e. The molecule has 0 radical (unpaired) electrons. The van der Waals surface area contributed by atoms with E-state index in [0.29, 0.717) is 10.8 Å². The van der Waals surface area contributed by atoms with E-state index in [1.54, 1.807) is 0 Å². The molecule has 0 amide bonds. The summed E-state index contributed by atoms with van der Waals surface area (Å²) in [5, 5.41) is 0. The Balaban J connectivity index is 1.40. The zero-order valence-corrected chi connectivity index (χ0v) is 23.6. The lowest BCUT2D eigenvalue weighted by Crippen LogP contribution is -2.33. The van der Waals surface area contributed by atoms with Crippen molar-refractivity contribution in [3.8, 4) is 0 Å². The first-order valence-electron chi connectivity index (χ1n) is 14.6. The van der Waals surface area contributed by atoms with Gasteiger partial charge in [-0.2, -0.15) is 0 Å². The summed E-state index contributed by atoms with van der Waals surface area (Å²) < 4.78 is 0. The molecule has 0 bridgehead atoms. The molecular weight excluding hydrogens is 384 g/mol. The van der Waals surface area contributed by atoms with Gasteiger partial charge in [-0.15, -0.1) is 0 Å². The molecule has 3 aliphatic rings. The van der Waals surface area contributed by atoms with Gasteiger partial charge in [0.05, 0.1) is 0 Å². The topological polar surface area (TPSA) is 0 Å². The molecule has 2 saturated carbocycles. The molecule has 0 N–H and O–H groups in total. The molecule has 0 saturated heterocycles. The first-order chi connectivity index (χ1) is 14.9. The molecule has 8 unspecified atom stereocenters. The molecule has 32 heavy (non-hydrogen) atoms. The van der Waals surface area contributed by atoms with E-state index in [4.69, 9.17) is 0 Å². The summed E-state index contributed by atoms with van der Waals surface area (Å²) in [6.45, 7) is 25.0. The minimum atomic E-state index is 0.441. The van der Waals surface area contributed by atoms with Crippen molar-refractivity contribution in [1.29, 1.82) is 0 Å². The highest BCUT2D eigenvalue weighted by molar-refractivity contribution is 5.41. The van der Waals surface area contributed by atoms with Crippen LogP contribution in [0.15, 0.2) is 11.6 Å². The van der Waals surface area contributed by atoms with Crippen molar-refractivity contribution < 1.29 is 0 Å². The van der Waals surface area contributed by atoms with Crippen LogP contribution < -0.4 is 0 Å². The number of allylic oxidation sites excluding steroid dienone is 2. The van der Waals surface area contributed by atoms with E-state index in [0.717, 1.165) is 53.3 Å². The van der Waals surface area contributed by atoms with Crippen LogP contribution in [0.1, 0.15) is 127 Å². The molecule has 0 aromatic heterocycles. The van der Waals surface area contributed by atoms with Crippen LogP contribution in [0.5, 0.6) is 0 Å². The average molecular weight is 443 g/mol. The lowest BCUT2D eigenvalue weighted by Gasteiger charge is -2.44. The van der Waals surface area contributed by atoms with Gasteiger partial charge in [0.2, 0.25) is 0 Å². The fourth-order valence-corrected chi connectivity index (χ4v) is 7.28. The zero-order valence-electron chi connectivity index (χ0n) is 23.6. The maximum absolute atomic E-state index is 2.64. The summed E-state index contributed by atoms with van der Waals surface area (Å²) in [6, 6.07) is 0. The van der Waals surface area contributed by atoms with E-state index < -0.39 is 0 Å². The van der Waals surface area contributed by atoms with Gasteiger partial charge in [0.25, 0.3) is 0 Å². The molecule has 0 heteroatoms. The second-order valence-corrected chi connectivity index (χ2v) is 14.3. The Labute approximate surface area is 202 Å². The predicted octanol–water partition coefficient (Wildman–Crippen LogP) is 10.2. The van der Waals surface area contributed by atoms with Crippen LogP contribution in [-0.4, -0.2) is 0 Å². The van der Waals surface area contributed by atoms with E-state index in [1.807, 2.05) is 5.57 Å². The van der Waals surface area contributed by atoms with Crippen LogP contribution in [0.4, 0.5) is 0 Å². The van der Waals surface area contributed by atoms with E-state index in [2.05, 4.69) is 75.3 Å². The van der Waals surface area contributed by atoms with E-state index in [-0.39, 0.29) is 0 Å². The van der Waals surface area contributed by atoms with Crippen molar-refractivity contribution in [2.24, 2.45) is 64.1 Å². The first kappa shape index (κ1) is 26.3. The van der Waals surface area contributed by atoms with Crippen LogP contribution >= 0.6 is 0 Å². The highest BCUT2D eigenvalue weighted by Crippen LogP contribution is 2.60. The Morgan fingerprint density at radius 1 is 0.906 bits per heavy atom. The second-order valence-electron chi connectivity index (χ2n) is 14.3. The summed E-state index contributed by atoms with van der Waals surface area (Å²) >= 11 is 0. The third-order valence-corrected chi connectivity index (χ3v) is 11.5. The van der Waals surface area contributed by atoms with Crippen LogP contribution in [0.2, 0.25) is 0 Å². The smallest absolute Gasteiger partial charge is 0.00966 e. The van der Waals surface area contributed by atoms with Gasteiger partial charge in [-0.25, -0.2) is 0 Å². The fourth-order valence-electron chi connectivity index (χ4n) is 7.28. The van der Waals surface area contributed by atoms with Gasteiger partial charge in [-0.05, 0) is 104 Å². The minimum absolute atomic E-state index is 0.441. The van der Waals surface area contributed by atoms with Crippen molar-refractivity contribution >= 4 is 0 Å². The lowest BCUT2D eigenvalue weighted by atomic mass is 9.62. The van der Waals surface area contributed by atoms with Crippen molar-refractivity contribution in [2.75, 3.05) is 0 Å². The molecule has 2 fully saturated rings. The van der Waals surface area contributed by atoms with Gasteiger partial charge < -0.3 is 0 Å². The summed E-state index contributed by atoms with van der Waals surface area (Å²) in [5.74, 6) is 8.09. The maximum Gasteiger partial charge on any atom is 0.00966 e. The van der Waals surface area contributed by atoms with Crippen molar-refractivity contribution in [3.05, 3.63) is 11.6 Å². The minimum Gasteiger partial charge on any atom is -0.0739 e. The van der Waals surface area contributed by atoms with E-state index >= 15 is 0 Å². The van der Waals surface area contributed by atoms with Crippen LogP contribution in [0.25, 0.3) is 0 Å². The fraction of sp³-hybridized carbons (Fsp3) is 0.938. The Morgan fingerprint density at radius 3 is 2.03 bits per heavy atom. The van der Waals surface area contributed by atoms with E-state index in [9.17, 15) is 0 Å². The molecular formula is C32H58. The van der Waals surface area contributed by atoms with Gasteiger partial charge in [0.1, 0.15) is 0 Å². The molecule has 0 aromatic rings. The molecule has 0 spiro atoms. The summed E-state index contributed by atoms with van der Waals surface area (Å²) in [7, 11) is 0. The standard InChI is InChI=1S/C32H58/c1-21(2)27(8)32(10)20-30(32)28-13-15-31(9,16-14-28)26(7)18-24(5)23(4)12-11-22(3)17-29-19-25(29)6/h20-29H,11-19H2,1-10H3. The van der Waals surface area contributed by atoms with Crippen molar-refractivity contribution in [3.63, 3.8) is 0 Å². The Kier molecular flexibility index (Phi) is 8.36. The zero-order chi connectivity index (χ0) is 23.8. The Bertz CT molecular complexity index is 632. The van der Waals surface area contributed by atoms with Gasteiger partial charge in [0.15, 0.2) is 0 Å². The normalized spacial score (nSPS) is 39.2. The Morgan fingerprint density at radius 2 is 1.50 bits per heavy atom. The molecule has 3 rings (SSSR count). The monoisotopic (exact) mass is 442 g/mol. The van der Waals surface area contributed by atoms with Gasteiger partial charge in [-0.3, -0.25) is 0 Å². The van der Waals surface area contributed by atoms with Gasteiger partial charge in [-0.1, -0.05) is 93.7 Å². The van der Waals surface area contributed by atoms with Crippen molar-refractivity contribution in [1.82, 2.24) is 0 Å². The summed E-state index contributed by atoms with van der Waals surface area (Å²) in [5.41, 5.74) is 2.83.